The van der Waals surface area contributed by atoms with Gasteiger partial charge in [0.1, 0.15) is 0 Å². The highest BCUT2D eigenvalue weighted by atomic mass is 32.1. The van der Waals surface area contributed by atoms with E-state index >= 15 is 0 Å². The number of thiophene rings is 1. The molecule has 0 aromatic carbocycles. The summed E-state index contributed by atoms with van der Waals surface area (Å²) < 4.78 is 1.67. The van der Waals surface area contributed by atoms with E-state index in [1.807, 2.05) is 23.7 Å². The molecule has 0 unspecified atom stereocenters. The second-order valence-electron chi connectivity index (χ2n) is 5.01. The fourth-order valence-corrected chi connectivity index (χ4v) is 2.93. The van der Waals surface area contributed by atoms with Gasteiger partial charge < -0.3 is 5.32 Å². The Hall–Kier alpha value is -3.13. The van der Waals surface area contributed by atoms with Crippen molar-refractivity contribution >= 4 is 22.9 Å². The van der Waals surface area contributed by atoms with Crippen LogP contribution >= 0.6 is 11.3 Å². The van der Waals surface area contributed by atoms with Crippen molar-refractivity contribution in [1.29, 1.82) is 0 Å². The Balaban J connectivity index is 1.46. The van der Waals surface area contributed by atoms with Gasteiger partial charge in [0.05, 0.1) is 16.6 Å². The summed E-state index contributed by atoms with van der Waals surface area (Å²) >= 11 is 1.56. The molecule has 0 atom stereocenters. The van der Waals surface area contributed by atoms with Crippen molar-refractivity contribution < 1.29 is 4.79 Å². The first-order valence-electron chi connectivity index (χ1n) is 7.22. The Morgan fingerprint density at radius 1 is 1.17 bits per heavy atom. The maximum atomic E-state index is 12.2. The zero-order chi connectivity index (χ0) is 16.4. The summed E-state index contributed by atoms with van der Waals surface area (Å²) in [5.74, 6) is 0.386. The maximum Gasteiger partial charge on any atom is 0.254 e. The SMILES string of the molecule is O=C(NCc1cnn2cccnc12)c1cnc(-c2cccs2)nc1. The van der Waals surface area contributed by atoms with Gasteiger partial charge in [-0.15, -0.1) is 11.3 Å². The van der Waals surface area contributed by atoms with Gasteiger partial charge in [-0.1, -0.05) is 6.07 Å². The normalized spacial score (nSPS) is 10.8. The number of fused-ring (bicyclic) bond motifs is 1. The van der Waals surface area contributed by atoms with Gasteiger partial charge in [0.15, 0.2) is 11.5 Å². The van der Waals surface area contributed by atoms with Crippen LogP contribution in [0.2, 0.25) is 0 Å². The molecule has 4 heterocycles. The van der Waals surface area contributed by atoms with Gasteiger partial charge in [0.2, 0.25) is 0 Å². The van der Waals surface area contributed by atoms with Crippen LogP contribution in [0.3, 0.4) is 0 Å². The Morgan fingerprint density at radius 2 is 2.04 bits per heavy atom. The fraction of sp³-hybridized carbons (Fsp3) is 0.0625. The Morgan fingerprint density at radius 3 is 2.83 bits per heavy atom. The smallest absolute Gasteiger partial charge is 0.254 e. The van der Waals surface area contributed by atoms with Crippen molar-refractivity contribution in [3.8, 4) is 10.7 Å². The van der Waals surface area contributed by atoms with Gasteiger partial charge in [0.25, 0.3) is 5.91 Å². The lowest BCUT2D eigenvalue weighted by Gasteiger charge is -2.04. The number of nitrogens with one attached hydrogen (secondary N) is 1. The fourth-order valence-electron chi connectivity index (χ4n) is 2.26. The van der Waals surface area contributed by atoms with Crippen LogP contribution in [0, 0.1) is 0 Å². The van der Waals surface area contributed by atoms with Crippen LogP contribution in [0.15, 0.2) is 54.6 Å². The molecular formula is C16H12N6OS. The summed E-state index contributed by atoms with van der Waals surface area (Å²) in [6.45, 7) is 0.339. The van der Waals surface area contributed by atoms with Crippen molar-refractivity contribution in [2.75, 3.05) is 0 Å². The Bertz CT molecular complexity index is 977. The van der Waals surface area contributed by atoms with Crippen LogP contribution in [-0.2, 0) is 6.54 Å². The number of nitrogens with zero attached hydrogens (tertiary/aromatic N) is 5. The van der Waals surface area contributed by atoms with Gasteiger partial charge in [-0.05, 0) is 17.5 Å². The van der Waals surface area contributed by atoms with Crippen LogP contribution in [0.5, 0.6) is 0 Å². The number of hydrogen-bond acceptors (Lipinski definition) is 6. The molecule has 0 saturated heterocycles. The highest BCUT2D eigenvalue weighted by molar-refractivity contribution is 7.13. The summed E-state index contributed by atoms with van der Waals surface area (Å²) in [6, 6.07) is 5.68. The largest absolute Gasteiger partial charge is 0.348 e. The first kappa shape index (κ1) is 14.5. The van der Waals surface area contributed by atoms with E-state index in [2.05, 4.69) is 25.4 Å². The number of carbonyl (C=O) groups excluding carboxylic acids is 1. The van der Waals surface area contributed by atoms with Crippen LogP contribution in [0.1, 0.15) is 15.9 Å². The van der Waals surface area contributed by atoms with E-state index in [-0.39, 0.29) is 5.91 Å². The lowest BCUT2D eigenvalue weighted by Crippen LogP contribution is -2.23. The van der Waals surface area contributed by atoms with Gasteiger partial charge in [-0.25, -0.2) is 19.5 Å². The molecule has 4 aromatic rings. The lowest BCUT2D eigenvalue weighted by atomic mass is 10.3. The second kappa shape index (κ2) is 6.17. The average molecular weight is 336 g/mol. The number of amides is 1. The molecule has 1 amide bonds. The molecule has 0 aliphatic heterocycles. The lowest BCUT2D eigenvalue weighted by molar-refractivity contribution is 0.0950. The van der Waals surface area contributed by atoms with Crippen molar-refractivity contribution in [2.24, 2.45) is 0 Å². The summed E-state index contributed by atoms with van der Waals surface area (Å²) in [5, 5.41) is 8.99. The minimum Gasteiger partial charge on any atom is -0.348 e. The molecule has 7 nitrogen and oxygen atoms in total. The highest BCUT2D eigenvalue weighted by Gasteiger charge is 2.10. The average Bonchev–Trinajstić information content (AvgIpc) is 3.30. The Labute approximate surface area is 141 Å². The van der Waals surface area contributed by atoms with Crippen LogP contribution in [0.4, 0.5) is 0 Å². The van der Waals surface area contributed by atoms with Crippen molar-refractivity contribution in [3.63, 3.8) is 0 Å². The topological polar surface area (TPSA) is 85.1 Å². The van der Waals surface area contributed by atoms with E-state index < -0.39 is 0 Å². The van der Waals surface area contributed by atoms with E-state index in [9.17, 15) is 4.79 Å². The molecule has 0 fully saturated rings. The van der Waals surface area contributed by atoms with Crippen molar-refractivity contribution in [1.82, 2.24) is 29.9 Å². The zero-order valence-corrected chi connectivity index (χ0v) is 13.3. The van der Waals surface area contributed by atoms with E-state index in [1.54, 1.807) is 34.3 Å². The van der Waals surface area contributed by atoms with Crippen LogP contribution in [-0.4, -0.2) is 30.5 Å². The van der Waals surface area contributed by atoms with Crippen molar-refractivity contribution in [2.45, 2.75) is 6.54 Å². The molecule has 0 aliphatic rings. The van der Waals surface area contributed by atoms with E-state index in [1.165, 1.54) is 12.4 Å². The predicted octanol–water partition coefficient (Wildman–Crippen LogP) is 2.18. The molecule has 0 aliphatic carbocycles. The quantitative estimate of drug-likeness (QED) is 0.617. The van der Waals surface area contributed by atoms with Gasteiger partial charge in [0, 0.05) is 36.9 Å². The maximum absolute atomic E-state index is 12.2. The number of rotatable bonds is 4. The molecule has 0 saturated carbocycles. The van der Waals surface area contributed by atoms with Crippen molar-refractivity contribution in [3.05, 3.63) is 65.7 Å². The highest BCUT2D eigenvalue weighted by Crippen LogP contribution is 2.20. The Kier molecular flexibility index (Phi) is 3.72. The molecule has 0 spiro atoms. The molecule has 1 N–H and O–H groups in total. The van der Waals surface area contributed by atoms with Crippen LogP contribution in [0.25, 0.3) is 16.3 Å². The first-order valence-corrected chi connectivity index (χ1v) is 8.10. The monoisotopic (exact) mass is 336 g/mol. The van der Waals surface area contributed by atoms with Gasteiger partial charge in [-0.2, -0.15) is 5.10 Å². The molecule has 0 radical (unpaired) electrons. The zero-order valence-electron chi connectivity index (χ0n) is 12.5. The third kappa shape index (κ3) is 2.74. The molecule has 8 heteroatoms. The summed E-state index contributed by atoms with van der Waals surface area (Å²) in [4.78, 5) is 26.0. The second-order valence-corrected chi connectivity index (χ2v) is 5.96. The molecule has 118 valence electrons. The summed E-state index contributed by atoms with van der Waals surface area (Å²) in [7, 11) is 0. The summed E-state index contributed by atoms with van der Waals surface area (Å²) in [6.07, 6.45) is 8.26. The number of hydrogen-bond donors (Lipinski definition) is 1. The number of carbonyl (C=O) groups is 1. The number of aromatic nitrogens is 5. The third-order valence-corrected chi connectivity index (χ3v) is 4.31. The minimum atomic E-state index is -0.233. The van der Waals surface area contributed by atoms with Gasteiger partial charge >= 0.3 is 0 Å². The standard InChI is InChI=1S/C16H12N6OS/c23-16(12-8-18-14(19-9-12)13-3-1-6-24-13)20-7-11-10-21-22-5-2-4-17-15(11)22/h1-6,8-10H,7H2,(H,20,23). The third-order valence-electron chi connectivity index (χ3n) is 3.45. The minimum absolute atomic E-state index is 0.233. The molecular weight excluding hydrogens is 324 g/mol. The van der Waals surface area contributed by atoms with Crippen LogP contribution < -0.4 is 5.32 Å². The van der Waals surface area contributed by atoms with E-state index in [0.29, 0.717) is 17.9 Å². The molecule has 0 bridgehead atoms. The first-order chi connectivity index (χ1) is 11.8. The van der Waals surface area contributed by atoms with E-state index in [0.717, 1.165) is 16.1 Å². The summed E-state index contributed by atoms with van der Waals surface area (Å²) in [5.41, 5.74) is 1.99. The van der Waals surface area contributed by atoms with Gasteiger partial charge in [-0.3, -0.25) is 4.79 Å². The van der Waals surface area contributed by atoms with E-state index in [4.69, 9.17) is 0 Å². The molecule has 4 rings (SSSR count). The predicted molar refractivity (Wildman–Crippen MR) is 89.5 cm³/mol. The molecule has 4 aromatic heterocycles. The molecule has 24 heavy (non-hydrogen) atoms.